The van der Waals surface area contributed by atoms with Crippen molar-refractivity contribution >= 4 is 11.7 Å². The van der Waals surface area contributed by atoms with E-state index < -0.39 is 10.9 Å². The highest BCUT2D eigenvalue weighted by Gasteiger charge is 2.36. The van der Waals surface area contributed by atoms with Gasteiger partial charge in [0, 0.05) is 31.3 Å². The van der Waals surface area contributed by atoms with Crippen molar-refractivity contribution in [3.8, 4) is 0 Å². The van der Waals surface area contributed by atoms with Crippen LogP contribution in [-0.4, -0.2) is 34.0 Å². The lowest BCUT2D eigenvalue weighted by Crippen LogP contribution is -2.26. The fourth-order valence-corrected chi connectivity index (χ4v) is 2.75. The number of nitro benzene ring substituents is 1. The Kier molecular flexibility index (Phi) is 4.04. The summed E-state index contributed by atoms with van der Waals surface area (Å²) in [5.41, 5.74) is 0.911. The van der Waals surface area contributed by atoms with Crippen LogP contribution in [0.5, 0.6) is 0 Å². The molecule has 0 amide bonds. The number of nitrogens with zero attached hydrogens (tertiary/aromatic N) is 2. The third-order valence-electron chi connectivity index (χ3n) is 4.07. The Bertz CT molecular complexity index is 532. The summed E-state index contributed by atoms with van der Waals surface area (Å²) in [5, 5.41) is 20.0. The first-order valence-corrected chi connectivity index (χ1v) is 6.61. The van der Waals surface area contributed by atoms with Gasteiger partial charge in [0.05, 0.1) is 10.8 Å². The minimum Gasteiger partial charge on any atom is -0.481 e. The fraction of sp³-hybridized carbons (Fsp3) is 0.500. The smallest absolute Gasteiger partial charge is 0.308 e. The molecule has 1 N–H and O–H groups in total. The monoisotopic (exact) mass is 278 g/mol. The Morgan fingerprint density at radius 3 is 2.75 bits per heavy atom. The first-order valence-electron chi connectivity index (χ1n) is 6.61. The summed E-state index contributed by atoms with van der Waals surface area (Å²) < 4.78 is 0. The van der Waals surface area contributed by atoms with Crippen molar-refractivity contribution in [3.05, 3.63) is 39.9 Å². The number of hydrogen-bond acceptors (Lipinski definition) is 4. The minimum absolute atomic E-state index is 0.0262. The van der Waals surface area contributed by atoms with E-state index in [-0.39, 0.29) is 23.6 Å². The molecular formula is C14H18N2O4. The third-order valence-corrected chi connectivity index (χ3v) is 4.07. The van der Waals surface area contributed by atoms with Crippen molar-refractivity contribution < 1.29 is 14.8 Å². The Morgan fingerprint density at radius 1 is 1.50 bits per heavy atom. The molecule has 1 saturated heterocycles. The first kappa shape index (κ1) is 14.5. The van der Waals surface area contributed by atoms with Gasteiger partial charge >= 0.3 is 5.97 Å². The van der Waals surface area contributed by atoms with Crippen LogP contribution in [0.15, 0.2) is 24.3 Å². The lowest BCUT2D eigenvalue weighted by atomic mass is 9.99. The van der Waals surface area contributed by atoms with E-state index in [0.29, 0.717) is 13.1 Å². The maximum atomic E-state index is 11.1. The molecule has 0 saturated carbocycles. The molecule has 1 aliphatic heterocycles. The molecule has 1 aromatic carbocycles. The van der Waals surface area contributed by atoms with Crippen LogP contribution >= 0.6 is 0 Å². The molecule has 6 nitrogen and oxygen atoms in total. The molecule has 0 spiro atoms. The number of benzene rings is 1. The van der Waals surface area contributed by atoms with Gasteiger partial charge in [-0.3, -0.25) is 19.8 Å². The van der Waals surface area contributed by atoms with Gasteiger partial charge in [-0.2, -0.15) is 0 Å². The summed E-state index contributed by atoms with van der Waals surface area (Å²) in [4.78, 5) is 23.6. The molecule has 1 heterocycles. The van der Waals surface area contributed by atoms with E-state index in [1.165, 1.54) is 6.07 Å². The Hall–Kier alpha value is -1.95. The third kappa shape index (κ3) is 2.80. The number of nitro groups is 1. The zero-order chi connectivity index (χ0) is 14.9. The molecule has 6 heteroatoms. The summed E-state index contributed by atoms with van der Waals surface area (Å²) in [5.74, 6) is -1.05. The molecule has 0 aliphatic carbocycles. The van der Waals surface area contributed by atoms with Gasteiger partial charge in [-0.15, -0.1) is 0 Å². The molecule has 1 aliphatic rings. The van der Waals surface area contributed by atoms with E-state index >= 15 is 0 Å². The summed E-state index contributed by atoms with van der Waals surface area (Å²) in [7, 11) is 0. The quantitative estimate of drug-likeness (QED) is 0.675. The van der Waals surface area contributed by atoms with Crippen molar-refractivity contribution in [2.24, 2.45) is 11.8 Å². The molecule has 0 aromatic heterocycles. The van der Waals surface area contributed by atoms with Gasteiger partial charge in [0.2, 0.25) is 0 Å². The average Bonchev–Trinajstić information content (AvgIpc) is 2.80. The van der Waals surface area contributed by atoms with Crippen LogP contribution in [0.25, 0.3) is 0 Å². The van der Waals surface area contributed by atoms with Crippen molar-refractivity contribution in [2.45, 2.75) is 19.9 Å². The highest BCUT2D eigenvalue weighted by atomic mass is 16.6. The van der Waals surface area contributed by atoms with Crippen LogP contribution < -0.4 is 0 Å². The second-order valence-corrected chi connectivity index (χ2v) is 5.40. The SMILES string of the molecule is CC(c1cccc([N+](=O)[O-])c1)N1C[C@@H](C)[C@H](C(=O)O)C1. The zero-order valence-electron chi connectivity index (χ0n) is 11.5. The molecule has 20 heavy (non-hydrogen) atoms. The number of carbonyl (C=O) groups is 1. The maximum absolute atomic E-state index is 11.1. The number of aliphatic carboxylic acids is 1. The Labute approximate surface area is 117 Å². The molecule has 3 atom stereocenters. The lowest BCUT2D eigenvalue weighted by Gasteiger charge is -2.24. The van der Waals surface area contributed by atoms with Crippen LogP contribution in [0.3, 0.4) is 0 Å². The Morgan fingerprint density at radius 2 is 2.20 bits per heavy atom. The van der Waals surface area contributed by atoms with E-state index in [4.69, 9.17) is 5.11 Å². The van der Waals surface area contributed by atoms with E-state index in [2.05, 4.69) is 4.90 Å². The predicted molar refractivity (Wildman–Crippen MR) is 73.4 cm³/mol. The summed E-state index contributed by atoms with van der Waals surface area (Å²) in [6.45, 7) is 5.07. The zero-order valence-corrected chi connectivity index (χ0v) is 11.5. The van der Waals surface area contributed by atoms with Gasteiger partial charge in [-0.05, 0) is 18.4 Å². The summed E-state index contributed by atoms with van der Waals surface area (Å²) in [6.07, 6.45) is 0. The summed E-state index contributed by atoms with van der Waals surface area (Å²) in [6, 6.07) is 6.50. The van der Waals surface area contributed by atoms with Crippen LogP contribution in [0.2, 0.25) is 0 Å². The van der Waals surface area contributed by atoms with Gasteiger partial charge in [0.25, 0.3) is 5.69 Å². The van der Waals surface area contributed by atoms with E-state index in [0.717, 1.165) is 5.56 Å². The number of hydrogen-bond donors (Lipinski definition) is 1. The molecular weight excluding hydrogens is 260 g/mol. The topological polar surface area (TPSA) is 83.7 Å². The number of rotatable bonds is 4. The van der Waals surface area contributed by atoms with E-state index in [1.54, 1.807) is 12.1 Å². The average molecular weight is 278 g/mol. The predicted octanol–water partition coefficient (Wildman–Crippen LogP) is 2.31. The van der Waals surface area contributed by atoms with Gasteiger partial charge in [0.1, 0.15) is 0 Å². The van der Waals surface area contributed by atoms with E-state index in [1.807, 2.05) is 19.9 Å². The lowest BCUT2D eigenvalue weighted by molar-refractivity contribution is -0.384. The molecule has 2 rings (SSSR count). The Balaban J connectivity index is 2.16. The van der Waals surface area contributed by atoms with E-state index in [9.17, 15) is 14.9 Å². The molecule has 1 unspecified atom stereocenters. The number of carboxylic acid groups (broad SMARTS) is 1. The molecule has 1 aromatic rings. The highest BCUT2D eigenvalue weighted by molar-refractivity contribution is 5.71. The molecule has 0 radical (unpaired) electrons. The van der Waals surface area contributed by atoms with Crippen molar-refractivity contribution in [2.75, 3.05) is 13.1 Å². The standard InChI is InChI=1S/C14H18N2O4/c1-9-7-15(8-13(9)14(17)18)10(2)11-4-3-5-12(6-11)16(19)20/h3-6,9-10,13H,7-8H2,1-2H3,(H,17,18)/t9-,10?,13-/m1/s1. The van der Waals surface area contributed by atoms with Gasteiger partial charge in [-0.25, -0.2) is 0 Å². The highest BCUT2D eigenvalue weighted by Crippen LogP contribution is 2.32. The second kappa shape index (κ2) is 5.58. The molecule has 1 fully saturated rings. The number of carboxylic acids is 1. The van der Waals surface area contributed by atoms with Crippen LogP contribution in [0.4, 0.5) is 5.69 Å². The molecule has 0 bridgehead atoms. The van der Waals surface area contributed by atoms with Crippen molar-refractivity contribution in [1.29, 1.82) is 0 Å². The number of likely N-dealkylation sites (tertiary alicyclic amines) is 1. The number of non-ortho nitro benzene ring substituents is 1. The summed E-state index contributed by atoms with van der Waals surface area (Å²) >= 11 is 0. The van der Waals surface area contributed by atoms with Crippen LogP contribution in [0.1, 0.15) is 25.5 Å². The first-order chi connectivity index (χ1) is 9.40. The van der Waals surface area contributed by atoms with Gasteiger partial charge in [-0.1, -0.05) is 19.1 Å². The van der Waals surface area contributed by atoms with Crippen molar-refractivity contribution in [1.82, 2.24) is 4.90 Å². The van der Waals surface area contributed by atoms with Gasteiger partial charge < -0.3 is 5.11 Å². The maximum Gasteiger partial charge on any atom is 0.308 e. The van der Waals surface area contributed by atoms with Crippen LogP contribution in [-0.2, 0) is 4.79 Å². The second-order valence-electron chi connectivity index (χ2n) is 5.40. The fourth-order valence-electron chi connectivity index (χ4n) is 2.75. The minimum atomic E-state index is -0.772. The molecule has 108 valence electrons. The van der Waals surface area contributed by atoms with Crippen molar-refractivity contribution in [3.63, 3.8) is 0 Å². The van der Waals surface area contributed by atoms with Crippen LogP contribution in [0, 0.1) is 22.0 Å². The largest absolute Gasteiger partial charge is 0.481 e. The van der Waals surface area contributed by atoms with Gasteiger partial charge in [0.15, 0.2) is 0 Å². The normalized spacial score (nSPS) is 24.5.